The van der Waals surface area contributed by atoms with Crippen molar-refractivity contribution < 1.29 is 5.11 Å². The third kappa shape index (κ3) is 1.75. The zero-order chi connectivity index (χ0) is 13.7. The lowest BCUT2D eigenvalue weighted by atomic mass is 9.48. The smallest absolute Gasteiger partial charge is 0.124 e. The van der Waals surface area contributed by atoms with Gasteiger partial charge in [0.25, 0.3) is 0 Å². The normalized spacial score (nSPS) is 38.7. The zero-order valence-corrected chi connectivity index (χ0v) is 11.8. The molecule has 1 aromatic rings. The summed E-state index contributed by atoms with van der Waals surface area (Å²) in [5.74, 6) is 8.31. The van der Waals surface area contributed by atoms with Gasteiger partial charge in [-0.25, -0.2) is 0 Å². The van der Waals surface area contributed by atoms with Crippen LogP contribution >= 0.6 is 0 Å². The number of hydrazone groups is 1. The van der Waals surface area contributed by atoms with E-state index in [9.17, 15) is 5.11 Å². The third-order valence-corrected chi connectivity index (χ3v) is 5.89. The minimum absolute atomic E-state index is 0.271. The molecule has 1 aromatic carbocycles. The second kappa shape index (κ2) is 4.24. The summed E-state index contributed by atoms with van der Waals surface area (Å²) in [4.78, 5) is 0. The minimum Gasteiger partial charge on any atom is -0.507 e. The van der Waals surface area contributed by atoms with E-state index >= 15 is 0 Å². The molecule has 0 saturated heterocycles. The van der Waals surface area contributed by atoms with Crippen LogP contribution in [-0.4, -0.2) is 11.3 Å². The van der Waals surface area contributed by atoms with Crippen molar-refractivity contribution in [3.05, 3.63) is 29.3 Å². The summed E-state index contributed by atoms with van der Waals surface area (Å²) in [5.41, 5.74) is 2.50. The second-order valence-corrected chi connectivity index (χ2v) is 7.25. The molecular formula is C17H22N2O. The van der Waals surface area contributed by atoms with Crippen LogP contribution in [0.25, 0.3) is 0 Å². The molecular weight excluding hydrogens is 248 g/mol. The average molecular weight is 270 g/mol. The minimum atomic E-state index is 0.271. The second-order valence-electron chi connectivity index (χ2n) is 7.25. The lowest BCUT2D eigenvalue weighted by molar-refractivity contribution is -0.00520. The lowest BCUT2D eigenvalue weighted by Gasteiger charge is -2.57. The van der Waals surface area contributed by atoms with Crippen LogP contribution < -0.4 is 5.84 Å². The first-order valence-electron chi connectivity index (χ1n) is 7.75. The number of hydrogen-bond acceptors (Lipinski definition) is 3. The van der Waals surface area contributed by atoms with Crippen molar-refractivity contribution in [2.24, 2.45) is 28.7 Å². The van der Waals surface area contributed by atoms with Crippen LogP contribution in [0, 0.1) is 17.8 Å². The third-order valence-electron chi connectivity index (χ3n) is 5.89. The van der Waals surface area contributed by atoms with Crippen molar-refractivity contribution in [2.45, 2.75) is 43.9 Å². The molecule has 4 bridgehead atoms. The highest BCUT2D eigenvalue weighted by atomic mass is 16.3. The Balaban J connectivity index is 1.75. The van der Waals surface area contributed by atoms with Crippen LogP contribution in [-0.2, 0) is 5.41 Å². The SMILES string of the molecule is NN=Cc1cc(C23CC4CC(CC(C4)C2)C3)ccc1O. The Kier molecular flexibility index (Phi) is 2.60. The maximum atomic E-state index is 9.90. The maximum absolute atomic E-state index is 9.90. The van der Waals surface area contributed by atoms with Gasteiger partial charge in [0, 0.05) is 5.56 Å². The number of phenols is 1. The van der Waals surface area contributed by atoms with Gasteiger partial charge in [-0.3, -0.25) is 0 Å². The predicted octanol–water partition coefficient (Wildman–Crippen LogP) is 3.15. The van der Waals surface area contributed by atoms with Gasteiger partial charge in [0.1, 0.15) is 5.75 Å². The van der Waals surface area contributed by atoms with E-state index in [1.54, 1.807) is 6.21 Å². The van der Waals surface area contributed by atoms with Crippen molar-refractivity contribution in [1.82, 2.24) is 0 Å². The summed E-state index contributed by atoms with van der Waals surface area (Å²) >= 11 is 0. The number of rotatable bonds is 2. The Hall–Kier alpha value is -1.51. The monoisotopic (exact) mass is 270 g/mol. The number of nitrogens with zero attached hydrogens (tertiary/aromatic N) is 1. The molecule has 5 rings (SSSR count). The zero-order valence-electron chi connectivity index (χ0n) is 11.8. The van der Waals surface area contributed by atoms with Gasteiger partial charge in [0.05, 0.1) is 6.21 Å². The summed E-state index contributed by atoms with van der Waals surface area (Å²) in [6.45, 7) is 0. The lowest BCUT2D eigenvalue weighted by Crippen LogP contribution is -2.48. The van der Waals surface area contributed by atoms with E-state index in [4.69, 9.17) is 5.84 Å². The van der Waals surface area contributed by atoms with Crippen LogP contribution in [0.4, 0.5) is 0 Å². The van der Waals surface area contributed by atoms with E-state index in [1.807, 2.05) is 6.07 Å². The molecule has 3 N–H and O–H groups in total. The number of hydrogen-bond donors (Lipinski definition) is 2. The van der Waals surface area contributed by atoms with E-state index in [0.29, 0.717) is 5.41 Å². The molecule has 0 spiro atoms. The number of phenolic OH excluding ortho intramolecular Hbond substituents is 1. The Bertz CT molecular complexity index is 529. The first-order chi connectivity index (χ1) is 9.68. The summed E-state index contributed by atoms with van der Waals surface area (Å²) in [6, 6.07) is 6.04. The number of benzene rings is 1. The highest BCUT2D eigenvalue weighted by Gasteiger charge is 2.51. The molecule has 0 aromatic heterocycles. The highest BCUT2D eigenvalue weighted by molar-refractivity contribution is 5.83. The molecule has 3 heteroatoms. The largest absolute Gasteiger partial charge is 0.507 e. The highest BCUT2D eigenvalue weighted by Crippen LogP contribution is 2.60. The van der Waals surface area contributed by atoms with E-state index in [-0.39, 0.29) is 5.75 Å². The molecule has 4 aliphatic carbocycles. The van der Waals surface area contributed by atoms with Gasteiger partial charge in [-0.1, -0.05) is 6.07 Å². The summed E-state index contributed by atoms with van der Waals surface area (Å²) < 4.78 is 0. The predicted molar refractivity (Wildman–Crippen MR) is 79.7 cm³/mol. The first-order valence-corrected chi connectivity index (χ1v) is 7.75. The van der Waals surface area contributed by atoms with Crippen molar-refractivity contribution in [1.29, 1.82) is 0 Å². The van der Waals surface area contributed by atoms with Crippen molar-refractivity contribution >= 4 is 6.21 Å². The molecule has 0 heterocycles. The van der Waals surface area contributed by atoms with Gasteiger partial charge in [0.2, 0.25) is 0 Å². The molecule has 0 amide bonds. The van der Waals surface area contributed by atoms with E-state index in [0.717, 1.165) is 23.3 Å². The molecule has 4 aliphatic rings. The fourth-order valence-electron chi connectivity index (χ4n) is 5.53. The first kappa shape index (κ1) is 12.2. The van der Waals surface area contributed by atoms with Crippen LogP contribution in [0.1, 0.15) is 49.7 Å². The average Bonchev–Trinajstić information content (AvgIpc) is 2.40. The summed E-state index contributed by atoms with van der Waals surface area (Å²) in [7, 11) is 0. The van der Waals surface area contributed by atoms with Crippen LogP contribution in [0.2, 0.25) is 0 Å². The molecule has 4 fully saturated rings. The Labute approximate surface area is 119 Å². The van der Waals surface area contributed by atoms with E-state index in [1.165, 1.54) is 44.1 Å². The molecule has 0 unspecified atom stereocenters. The van der Waals surface area contributed by atoms with Crippen molar-refractivity contribution in [2.75, 3.05) is 0 Å². The van der Waals surface area contributed by atoms with E-state index in [2.05, 4.69) is 17.2 Å². The van der Waals surface area contributed by atoms with Crippen LogP contribution in [0.3, 0.4) is 0 Å². The molecule has 3 nitrogen and oxygen atoms in total. The molecule has 0 aliphatic heterocycles. The topological polar surface area (TPSA) is 58.6 Å². The van der Waals surface area contributed by atoms with Crippen LogP contribution in [0.15, 0.2) is 23.3 Å². The Morgan fingerprint density at radius 1 is 1.10 bits per heavy atom. The molecule has 106 valence electrons. The Morgan fingerprint density at radius 3 is 2.25 bits per heavy atom. The number of aromatic hydroxyl groups is 1. The maximum Gasteiger partial charge on any atom is 0.124 e. The van der Waals surface area contributed by atoms with Gasteiger partial charge < -0.3 is 10.9 Å². The molecule has 0 radical (unpaired) electrons. The van der Waals surface area contributed by atoms with Gasteiger partial charge >= 0.3 is 0 Å². The van der Waals surface area contributed by atoms with Crippen molar-refractivity contribution in [3.63, 3.8) is 0 Å². The fraction of sp³-hybridized carbons (Fsp3) is 0.588. The van der Waals surface area contributed by atoms with Crippen LogP contribution in [0.5, 0.6) is 5.75 Å². The van der Waals surface area contributed by atoms with Gasteiger partial charge in [-0.2, -0.15) is 5.10 Å². The molecule has 20 heavy (non-hydrogen) atoms. The van der Waals surface area contributed by atoms with Gasteiger partial charge in [-0.15, -0.1) is 0 Å². The quantitative estimate of drug-likeness (QED) is 0.493. The Morgan fingerprint density at radius 2 is 1.70 bits per heavy atom. The molecule has 0 atom stereocenters. The summed E-state index contributed by atoms with van der Waals surface area (Å²) in [5, 5.41) is 13.5. The summed E-state index contributed by atoms with van der Waals surface area (Å²) in [6.07, 6.45) is 9.92. The fourth-order valence-corrected chi connectivity index (χ4v) is 5.53. The van der Waals surface area contributed by atoms with Gasteiger partial charge in [0.15, 0.2) is 0 Å². The number of nitrogens with two attached hydrogens (primary N) is 1. The standard InChI is InChI=1S/C17H22N2O/c18-19-10-14-6-15(1-2-16(14)20)17-7-11-3-12(8-17)5-13(4-11)9-17/h1-2,6,10-13,20H,3-5,7-9,18H2. The van der Waals surface area contributed by atoms with E-state index < -0.39 is 0 Å². The molecule has 4 saturated carbocycles. The van der Waals surface area contributed by atoms with Crippen molar-refractivity contribution in [3.8, 4) is 5.75 Å². The van der Waals surface area contributed by atoms with Gasteiger partial charge in [-0.05, 0) is 79.4 Å².